The van der Waals surface area contributed by atoms with E-state index in [0.717, 1.165) is 10.5 Å². The average molecular weight is 340 g/mol. The fraction of sp³-hybridized carbons (Fsp3) is 0.471. The van der Waals surface area contributed by atoms with Crippen LogP contribution < -0.4 is 5.73 Å². The summed E-state index contributed by atoms with van der Waals surface area (Å²) in [6.45, 7) is 2.17. The van der Waals surface area contributed by atoms with Crippen molar-refractivity contribution in [2.45, 2.75) is 29.8 Å². The Labute approximate surface area is 144 Å². The van der Waals surface area contributed by atoms with Crippen LogP contribution in [0.5, 0.6) is 0 Å². The molecule has 2 aliphatic heterocycles. The molecule has 0 amide bonds. The van der Waals surface area contributed by atoms with Gasteiger partial charge in [0.2, 0.25) is 0 Å². The predicted molar refractivity (Wildman–Crippen MR) is 87.9 cm³/mol. The van der Waals surface area contributed by atoms with E-state index in [0.29, 0.717) is 6.61 Å². The zero-order chi connectivity index (χ0) is 17.2. The standard InChI is InChI=1S/C17H16N4O2S/c1-10-7-22-17(23-10)16(9-19)13(15(16,8-18)14(20)21-17)11-3-5-12(24-2)6-4-11/h3-6,10,13H,7H2,1-2H3,(H2,20,21)/t10-,13-,15-,16-,17+/m1/s1. The maximum atomic E-state index is 10.0. The van der Waals surface area contributed by atoms with Crippen molar-refractivity contribution in [3.63, 3.8) is 0 Å². The summed E-state index contributed by atoms with van der Waals surface area (Å²) >= 11 is 1.63. The van der Waals surface area contributed by atoms with E-state index in [-0.39, 0.29) is 11.9 Å². The van der Waals surface area contributed by atoms with E-state index in [2.05, 4.69) is 17.1 Å². The molecule has 1 saturated heterocycles. The summed E-state index contributed by atoms with van der Waals surface area (Å²) in [4.78, 5) is 5.41. The van der Waals surface area contributed by atoms with E-state index < -0.39 is 22.7 Å². The topological polar surface area (TPSA) is 104 Å². The maximum Gasteiger partial charge on any atom is 0.293 e. The van der Waals surface area contributed by atoms with E-state index in [1.165, 1.54) is 0 Å². The van der Waals surface area contributed by atoms with Gasteiger partial charge in [-0.05, 0) is 30.9 Å². The zero-order valence-electron chi connectivity index (χ0n) is 13.3. The van der Waals surface area contributed by atoms with Crippen LogP contribution in [0.15, 0.2) is 34.2 Å². The number of hydrogen-bond donors (Lipinski definition) is 1. The summed E-state index contributed by atoms with van der Waals surface area (Å²) in [5, 5.41) is 19.9. The number of benzene rings is 1. The predicted octanol–water partition coefficient (Wildman–Crippen LogP) is 1.99. The van der Waals surface area contributed by atoms with Crippen molar-refractivity contribution < 1.29 is 9.47 Å². The number of rotatable bonds is 2. The lowest BCUT2D eigenvalue weighted by molar-refractivity contribution is -0.193. The third kappa shape index (κ3) is 1.46. The number of hydrogen-bond acceptors (Lipinski definition) is 7. The molecular weight excluding hydrogens is 324 g/mol. The number of nitrogens with two attached hydrogens (primary N) is 1. The van der Waals surface area contributed by atoms with Gasteiger partial charge in [0.15, 0.2) is 5.41 Å². The Morgan fingerprint density at radius 2 is 2.00 bits per heavy atom. The fourth-order valence-corrected chi connectivity index (χ4v) is 4.57. The third-order valence-electron chi connectivity index (χ3n) is 5.25. The second-order valence-electron chi connectivity index (χ2n) is 6.36. The van der Waals surface area contributed by atoms with Crippen LogP contribution in [0, 0.1) is 33.5 Å². The molecule has 1 aromatic rings. The first-order valence-electron chi connectivity index (χ1n) is 7.65. The first-order chi connectivity index (χ1) is 11.5. The second kappa shape index (κ2) is 4.73. The SMILES string of the molecule is CSc1ccc([C@H]2[C@@]3(C#N)[C@]4(N=C(N)[C@@]23C#N)OC[C@@H](C)O4)cc1. The minimum absolute atomic E-state index is 0.125. The summed E-state index contributed by atoms with van der Waals surface area (Å²) < 4.78 is 11.7. The van der Waals surface area contributed by atoms with E-state index in [1.54, 1.807) is 11.8 Å². The number of aliphatic imine (C=N–C) groups is 1. The van der Waals surface area contributed by atoms with Crippen LogP contribution in [-0.2, 0) is 9.47 Å². The van der Waals surface area contributed by atoms with E-state index >= 15 is 0 Å². The van der Waals surface area contributed by atoms with Crippen molar-refractivity contribution in [2.75, 3.05) is 12.9 Å². The molecule has 122 valence electrons. The molecule has 1 saturated carbocycles. The molecule has 0 radical (unpaired) electrons. The van der Waals surface area contributed by atoms with Crippen molar-refractivity contribution in [3.8, 4) is 12.1 Å². The van der Waals surface area contributed by atoms with Crippen molar-refractivity contribution in [1.82, 2.24) is 0 Å². The van der Waals surface area contributed by atoms with Gasteiger partial charge in [0.1, 0.15) is 11.3 Å². The molecule has 3 aliphatic rings. The lowest BCUT2D eigenvalue weighted by Crippen LogP contribution is -2.39. The molecule has 6 nitrogen and oxygen atoms in total. The van der Waals surface area contributed by atoms with Crippen LogP contribution in [0.1, 0.15) is 18.4 Å². The monoisotopic (exact) mass is 340 g/mol. The van der Waals surface area contributed by atoms with E-state index in [4.69, 9.17) is 15.2 Å². The van der Waals surface area contributed by atoms with E-state index in [9.17, 15) is 10.5 Å². The molecule has 0 bridgehead atoms. The van der Waals surface area contributed by atoms with Crippen LogP contribution in [0.25, 0.3) is 0 Å². The zero-order valence-corrected chi connectivity index (χ0v) is 14.1. The third-order valence-corrected chi connectivity index (χ3v) is 5.99. The van der Waals surface area contributed by atoms with Crippen LogP contribution in [0.4, 0.5) is 0 Å². The van der Waals surface area contributed by atoms with Crippen LogP contribution in [-0.4, -0.2) is 30.7 Å². The highest BCUT2D eigenvalue weighted by Gasteiger charge is 2.94. The molecule has 2 N–H and O–H groups in total. The maximum absolute atomic E-state index is 10.0. The van der Waals surface area contributed by atoms with Crippen LogP contribution in [0.3, 0.4) is 0 Å². The van der Waals surface area contributed by atoms with Crippen LogP contribution in [0.2, 0.25) is 0 Å². The summed E-state index contributed by atoms with van der Waals surface area (Å²) in [6.07, 6.45) is 1.79. The Morgan fingerprint density at radius 1 is 1.29 bits per heavy atom. The quantitative estimate of drug-likeness (QED) is 0.826. The van der Waals surface area contributed by atoms with Gasteiger partial charge < -0.3 is 15.2 Å². The van der Waals surface area contributed by atoms with Gasteiger partial charge >= 0.3 is 0 Å². The number of fused-ring (bicyclic) bond motifs is 2. The largest absolute Gasteiger partial charge is 0.386 e. The second-order valence-corrected chi connectivity index (χ2v) is 7.24. The molecule has 4 rings (SSSR count). The molecule has 1 aromatic carbocycles. The average Bonchev–Trinajstić information content (AvgIpc) is 2.99. The molecule has 1 aliphatic carbocycles. The Kier molecular flexibility index (Phi) is 3.05. The first kappa shape index (κ1) is 15.5. The minimum Gasteiger partial charge on any atom is -0.386 e. The Bertz CT molecular complexity index is 826. The minimum atomic E-state index is -1.48. The van der Waals surface area contributed by atoms with Gasteiger partial charge in [0, 0.05) is 10.8 Å². The van der Waals surface area contributed by atoms with E-state index in [1.807, 2.05) is 37.4 Å². The van der Waals surface area contributed by atoms with Gasteiger partial charge in [-0.1, -0.05) is 12.1 Å². The lowest BCUT2D eigenvalue weighted by Gasteiger charge is -2.26. The van der Waals surface area contributed by atoms with Gasteiger partial charge in [-0.3, -0.25) is 0 Å². The number of nitriles is 2. The number of ether oxygens (including phenoxy) is 2. The van der Waals surface area contributed by atoms with Gasteiger partial charge in [0.05, 0.1) is 24.8 Å². The smallest absolute Gasteiger partial charge is 0.293 e. The summed E-state index contributed by atoms with van der Waals surface area (Å²) in [7, 11) is 0. The highest BCUT2D eigenvalue weighted by Crippen LogP contribution is 2.82. The van der Waals surface area contributed by atoms with Crippen molar-refractivity contribution in [1.29, 1.82) is 10.5 Å². The van der Waals surface area contributed by atoms with Gasteiger partial charge in [0.25, 0.3) is 5.91 Å². The molecule has 0 unspecified atom stereocenters. The fourth-order valence-electron chi connectivity index (χ4n) is 4.16. The molecule has 5 atom stereocenters. The first-order valence-corrected chi connectivity index (χ1v) is 8.88. The van der Waals surface area contributed by atoms with Crippen molar-refractivity contribution >= 4 is 17.6 Å². The molecule has 2 fully saturated rings. The van der Waals surface area contributed by atoms with Gasteiger partial charge in [-0.15, -0.1) is 11.8 Å². The van der Waals surface area contributed by atoms with Gasteiger partial charge in [-0.2, -0.15) is 10.5 Å². The lowest BCUT2D eigenvalue weighted by atomic mass is 9.94. The highest BCUT2D eigenvalue weighted by molar-refractivity contribution is 7.98. The Morgan fingerprint density at radius 3 is 2.50 bits per heavy atom. The summed E-state index contributed by atoms with van der Waals surface area (Å²) in [6, 6.07) is 12.4. The highest BCUT2D eigenvalue weighted by atomic mass is 32.2. The summed E-state index contributed by atoms with van der Waals surface area (Å²) in [5.41, 5.74) is 4.55. The Balaban J connectivity index is 1.87. The Hall–Kier alpha value is -2.06. The number of amidine groups is 1. The number of thioether (sulfide) groups is 1. The molecule has 24 heavy (non-hydrogen) atoms. The van der Waals surface area contributed by atoms with Gasteiger partial charge in [-0.25, -0.2) is 4.99 Å². The molecule has 0 aromatic heterocycles. The molecular formula is C17H16N4O2S. The number of nitrogens with zero attached hydrogens (tertiary/aromatic N) is 3. The summed E-state index contributed by atoms with van der Waals surface area (Å²) in [5.74, 6) is -1.78. The van der Waals surface area contributed by atoms with Crippen molar-refractivity contribution in [2.24, 2.45) is 21.6 Å². The molecule has 1 spiro atoms. The van der Waals surface area contributed by atoms with Crippen LogP contribution >= 0.6 is 11.8 Å². The normalized spacial score (nSPS) is 42.2. The van der Waals surface area contributed by atoms with Crippen molar-refractivity contribution in [3.05, 3.63) is 29.8 Å². The molecule has 7 heteroatoms. The molecule has 2 heterocycles.